The number of hydrogen-bond donors (Lipinski definition) is 2. The lowest BCUT2D eigenvalue weighted by molar-refractivity contribution is -0.171. The van der Waals surface area contributed by atoms with Crippen molar-refractivity contribution in [3.05, 3.63) is 51.0 Å². The summed E-state index contributed by atoms with van der Waals surface area (Å²) in [6, 6.07) is 1.81. The number of anilines is 1. The molecule has 1 aromatic heterocycles. The first-order valence-electron chi connectivity index (χ1n) is 12.8. The van der Waals surface area contributed by atoms with Crippen molar-refractivity contribution >= 4 is 52.1 Å². The second-order valence-electron chi connectivity index (χ2n) is 10.1. The molecule has 0 aromatic carbocycles. The molecule has 41 heavy (non-hydrogen) atoms. The minimum atomic E-state index is -1.00. The van der Waals surface area contributed by atoms with Gasteiger partial charge in [0.15, 0.2) is 11.7 Å². The van der Waals surface area contributed by atoms with Crippen LogP contribution in [0, 0.1) is 0 Å². The molecule has 0 radical (unpaired) electrons. The number of hydrogen-bond acceptors (Lipinski definition) is 7. The highest BCUT2D eigenvalue weighted by molar-refractivity contribution is 7.16. The zero-order valence-corrected chi connectivity index (χ0v) is 25.5. The van der Waals surface area contributed by atoms with E-state index in [9.17, 15) is 28.0 Å². The first kappa shape index (κ1) is 33.9. The molecule has 10 nitrogen and oxygen atoms in total. The smallest absolute Gasteiger partial charge is 0.265 e. The SMILES string of the molecule is CNC1=C(Cl)C(F)=C(F)C=CC1.CON(C)C(=O)CN1CCN(C(=O)c2cc(C(C)(C)C)sc2NC=O)CCC1=O. The average molecular weight is 616 g/mol. The molecule has 0 saturated carbocycles. The highest BCUT2D eigenvalue weighted by Crippen LogP contribution is 2.36. The molecule has 0 spiro atoms. The number of nitrogens with zero attached hydrogens (tertiary/aromatic N) is 3. The van der Waals surface area contributed by atoms with Crippen LogP contribution in [0.3, 0.4) is 0 Å². The molecular weight excluding hydrogens is 580 g/mol. The molecule has 0 atom stereocenters. The van der Waals surface area contributed by atoms with Crippen LogP contribution in [-0.4, -0.2) is 86.4 Å². The summed E-state index contributed by atoms with van der Waals surface area (Å²) in [5.74, 6) is -2.70. The molecule has 2 heterocycles. The van der Waals surface area contributed by atoms with Crippen molar-refractivity contribution in [1.82, 2.24) is 20.2 Å². The van der Waals surface area contributed by atoms with Crippen LogP contribution in [0.15, 0.2) is 40.6 Å². The van der Waals surface area contributed by atoms with Gasteiger partial charge in [-0.25, -0.2) is 13.8 Å². The average Bonchev–Trinajstić information content (AvgIpc) is 3.23. The van der Waals surface area contributed by atoms with Gasteiger partial charge in [-0.05, 0) is 17.6 Å². The molecule has 1 aliphatic carbocycles. The van der Waals surface area contributed by atoms with Crippen molar-refractivity contribution in [2.24, 2.45) is 0 Å². The Hall–Kier alpha value is -3.29. The number of carbonyl (C=O) groups excluding carboxylic acids is 4. The van der Waals surface area contributed by atoms with Crippen molar-refractivity contribution in [1.29, 1.82) is 0 Å². The molecule has 14 heteroatoms. The third kappa shape index (κ3) is 9.10. The Kier molecular flexibility index (Phi) is 12.5. The maximum absolute atomic E-state index is 13.1. The van der Waals surface area contributed by atoms with Crippen molar-refractivity contribution in [2.75, 3.05) is 52.7 Å². The number of allylic oxidation sites excluding steroid dienone is 5. The van der Waals surface area contributed by atoms with Gasteiger partial charge in [-0.3, -0.25) is 24.0 Å². The van der Waals surface area contributed by atoms with Gasteiger partial charge in [0, 0.05) is 57.1 Å². The molecular formula is C27H36ClF2N5O5S. The fourth-order valence-corrected chi connectivity index (χ4v) is 5.07. The minimum Gasteiger partial charge on any atom is -0.390 e. The van der Waals surface area contributed by atoms with Crippen LogP contribution in [0.4, 0.5) is 13.8 Å². The molecule has 1 aliphatic heterocycles. The quantitative estimate of drug-likeness (QED) is 0.353. The van der Waals surface area contributed by atoms with Gasteiger partial charge in [0.1, 0.15) is 11.5 Å². The van der Waals surface area contributed by atoms with Crippen molar-refractivity contribution in [3.8, 4) is 0 Å². The summed E-state index contributed by atoms with van der Waals surface area (Å²) in [7, 11) is 4.47. The summed E-state index contributed by atoms with van der Waals surface area (Å²) < 4.78 is 25.6. The largest absolute Gasteiger partial charge is 0.390 e. The van der Waals surface area contributed by atoms with E-state index in [0.717, 1.165) is 16.0 Å². The topological polar surface area (TPSA) is 111 Å². The van der Waals surface area contributed by atoms with E-state index >= 15 is 0 Å². The lowest BCUT2D eigenvalue weighted by atomic mass is 9.94. The van der Waals surface area contributed by atoms with Crippen LogP contribution >= 0.6 is 22.9 Å². The fourth-order valence-electron chi connectivity index (χ4n) is 3.74. The van der Waals surface area contributed by atoms with Crippen molar-refractivity contribution in [3.63, 3.8) is 0 Å². The summed E-state index contributed by atoms with van der Waals surface area (Å²) in [6.45, 7) is 6.81. The molecule has 2 aliphatic rings. The van der Waals surface area contributed by atoms with Crippen LogP contribution in [0.5, 0.6) is 0 Å². The second-order valence-corrected chi connectivity index (χ2v) is 11.5. The van der Waals surface area contributed by atoms with E-state index in [1.807, 2.05) is 20.8 Å². The van der Waals surface area contributed by atoms with Crippen LogP contribution < -0.4 is 10.6 Å². The number of halogens is 3. The van der Waals surface area contributed by atoms with E-state index < -0.39 is 11.7 Å². The first-order chi connectivity index (χ1) is 19.2. The summed E-state index contributed by atoms with van der Waals surface area (Å²) in [4.78, 5) is 57.4. The van der Waals surface area contributed by atoms with E-state index in [-0.39, 0.29) is 54.2 Å². The predicted octanol–water partition coefficient (Wildman–Crippen LogP) is 4.07. The van der Waals surface area contributed by atoms with E-state index in [4.69, 9.17) is 16.4 Å². The fraction of sp³-hybridized carbons (Fsp3) is 0.481. The highest BCUT2D eigenvalue weighted by atomic mass is 35.5. The highest BCUT2D eigenvalue weighted by Gasteiger charge is 2.30. The third-order valence-corrected chi connectivity index (χ3v) is 8.16. The van der Waals surface area contributed by atoms with Gasteiger partial charge in [0.2, 0.25) is 12.3 Å². The van der Waals surface area contributed by atoms with E-state index in [0.29, 0.717) is 35.6 Å². The predicted molar refractivity (Wildman–Crippen MR) is 155 cm³/mol. The maximum Gasteiger partial charge on any atom is 0.265 e. The van der Waals surface area contributed by atoms with Crippen molar-refractivity contribution < 1.29 is 32.8 Å². The van der Waals surface area contributed by atoms with Gasteiger partial charge in [-0.15, -0.1) is 11.3 Å². The Morgan fingerprint density at radius 3 is 2.51 bits per heavy atom. The van der Waals surface area contributed by atoms with Gasteiger partial charge < -0.3 is 20.4 Å². The molecule has 3 rings (SSSR count). The number of hydroxylamine groups is 2. The molecule has 0 unspecified atom stereocenters. The van der Waals surface area contributed by atoms with Crippen molar-refractivity contribution in [2.45, 2.75) is 39.0 Å². The molecule has 226 valence electrons. The molecule has 1 saturated heterocycles. The standard InChI is InChI=1S/C19H28N4O5S.C8H8ClF2N/c1-19(2,3)14-10-13(17(29-14)20-12-24)18(27)22-7-6-15(25)23(9-8-22)11-16(26)21(4)28-5;1-12-6-4-2-3-5(10)8(11)7(6)9/h10,12H,6-9,11H2,1-5H3,(H,20,24);2-3,12H,4H2,1H3. The zero-order valence-electron chi connectivity index (χ0n) is 24.0. The number of nitrogens with one attached hydrogen (secondary N) is 2. The monoisotopic (exact) mass is 615 g/mol. The summed E-state index contributed by atoms with van der Waals surface area (Å²) >= 11 is 6.91. The van der Waals surface area contributed by atoms with Crippen LogP contribution in [-0.2, 0) is 24.6 Å². The number of thiophene rings is 1. The molecule has 2 N–H and O–H groups in total. The van der Waals surface area contributed by atoms with Gasteiger partial charge in [-0.2, -0.15) is 0 Å². The Labute approximate surface area is 247 Å². The number of rotatable bonds is 7. The third-order valence-electron chi connectivity index (χ3n) is 6.27. The number of amides is 4. The lowest BCUT2D eigenvalue weighted by Gasteiger charge is -2.23. The Morgan fingerprint density at radius 2 is 1.93 bits per heavy atom. The summed E-state index contributed by atoms with van der Waals surface area (Å²) in [5.41, 5.74) is 0.739. The molecule has 4 amide bonds. The maximum atomic E-state index is 13.1. The molecule has 1 aromatic rings. The van der Waals surface area contributed by atoms with Crippen LogP contribution in [0.25, 0.3) is 0 Å². The van der Waals surface area contributed by atoms with E-state index in [1.165, 1.54) is 36.5 Å². The lowest BCUT2D eigenvalue weighted by Crippen LogP contribution is -2.42. The van der Waals surface area contributed by atoms with Gasteiger partial charge in [-0.1, -0.05) is 38.4 Å². The normalized spacial score (nSPS) is 16.1. The summed E-state index contributed by atoms with van der Waals surface area (Å²) in [6.07, 6.45) is 3.68. The van der Waals surface area contributed by atoms with Gasteiger partial charge in [0.05, 0.1) is 17.7 Å². The minimum absolute atomic E-state index is 0.101. The Balaban J connectivity index is 0.000000408. The second kappa shape index (κ2) is 15.1. The Morgan fingerprint density at radius 1 is 1.24 bits per heavy atom. The number of likely N-dealkylation sites (N-methyl/N-ethyl adjacent to an activating group) is 1. The Bertz CT molecular complexity index is 1240. The van der Waals surface area contributed by atoms with Crippen LogP contribution in [0.2, 0.25) is 0 Å². The van der Waals surface area contributed by atoms with E-state index in [2.05, 4.69) is 10.6 Å². The number of carbonyl (C=O) groups is 4. The van der Waals surface area contributed by atoms with Gasteiger partial charge in [0.25, 0.3) is 11.8 Å². The zero-order chi connectivity index (χ0) is 30.9. The first-order valence-corrected chi connectivity index (χ1v) is 13.9. The van der Waals surface area contributed by atoms with E-state index in [1.54, 1.807) is 18.0 Å². The summed E-state index contributed by atoms with van der Waals surface area (Å²) in [5, 5.41) is 6.70. The van der Waals surface area contributed by atoms with Gasteiger partial charge >= 0.3 is 0 Å². The molecule has 1 fully saturated rings. The molecule has 0 bridgehead atoms. The van der Waals surface area contributed by atoms with Crippen LogP contribution in [0.1, 0.15) is 48.8 Å².